The lowest BCUT2D eigenvalue weighted by Crippen LogP contribution is -2.47. The van der Waals surface area contributed by atoms with Crippen LogP contribution in [0.5, 0.6) is 0 Å². The van der Waals surface area contributed by atoms with Gasteiger partial charge in [0, 0.05) is 13.1 Å². The molecule has 2 rings (SSSR count). The van der Waals surface area contributed by atoms with Crippen LogP contribution in [0.25, 0.3) is 0 Å². The van der Waals surface area contributed by atoms with Crippen molar-refractivity contribution in [3.05, 3.63) is 12.2 Å². The Labute approximate surface area is 105 Å². The minimum absolute atomic E-state index is 0.0216. The molecule has 1 atom stereocenters. The Morgan fingerprint density at radius 3 is 3.24 bits per heavy atom. The van der Waals surface area contributed by atoms with Gasteiger partial charge in [0.25, 0.3) is 0 Å². The maximum Gasteiger partial charge on any atom is 0.239 e. The number of carbonyl (C=O) groups excluding carboxylic acids is 1. The summed E-state index contributed by atoms with van der Waals surface area (Å²) >= 11 is 1.71. The van der Waals surface area contributed by atoms with Gasteiger partial charge in [-0.1, -0.05) is 0 Å². The van der Waals surface area contributed by atoms with Gasteiger partial charge in [-0.25, -0.2) is 0 Å². The van der Waals surface area contributed by atoms with Gasteiger partial charge in [-0.15, -0.1) is 10.2 Å². The van der Waals surface area contributed by atoms with Crippen molar-refractivity contribution in [1.29, 1.82) is 0 Å². The minimum atomic E-state index is -0.392. The summed E-state index contributed by atoms with van der Waals surface area (Å²) in [5, 5.41) is 7.82. The molecule has 0 spiro atoms. The summed E-state index contributed by atoms with van der Waals surface area (Å²) in [6.07, 6.45) is 4.44. The number of nitrogens with two attached hydrogens (primary N) is 1. The van der Waals surface area contributed by atoms with Crippen molar-refractivity contribution in [2.45, 2.75) is 25.6 Å². The Bertz CT molecular complexity index is 394. The molecule has 0 saturated heterocycles. The molecule has 0 fully saturated rings. The van der Waals surface area contributed by atoms with Gasteiger partial charge in [0.15, 0.2) is 5.82 Å². The van der Waals surface area contributed by atoms with E-state index in [1.165, 1.54) is 0 Å². The van der Waals surface area contributed by atoms with Gasteiger partial charge >= 0.3 is 0 Å². The Balaban J connectivity index is 1.93. The number of hydrogen-bond acceptors (Lipinski definition) is 5. The van der Waals surface area contributed by atoms with E-state index < -0.39 is 6.04 Å². The molecule has 1 aromatic rings. The second-order valence-corrected chi connectivity index (χ2v) is 5.07. The third-order valence-corrected chi connectivity index (χ3v) is 3.54. The second-order valence-electron chi connectivity index (χ2n) is 4.09. The van der Waals surface area contributed by atoms with Crippen molar-refractivity contribution in [2.75, 3.05) is 18.6 Å². The molecule has 1 aliphatic rings. The molecule has 7 heteroatoms. The molecule has 1 aliphatic heterocycles. The topological polar surface area (TPSA) is 77.0 Å². The maximum absolute atomic E-state index is 12.1. The Morgan fingerprint density at radius 1 is 1.65 bits per heavy atom. The quantitative estimate of drug-likeness (QED) is 0.799. The molecule has 17 heavy (non-hydrogen) atoms. The highest BCUT2D eigenvalue weighted by Gasteiger charge is 2.25. The Morgan fingerprint density at radius 2 is 2.47 bits per heavy atom. The van der Waals surface area contributed by atoms with Gasteiger partial charge < -0.3 is 15.2 Å². The van der Waals surface area contributed by atoms with Gasteiger partial charge in [0.05, 0.1) is 12.6 Å². The van der Waals surface area contributed by atoms with Crippen LogP contribution in [0.1, 0.15) is 12.2 Å². The molecule has 0 bridgehead atoms. The monoisotopic (exact) mass is 255 g/mol. The highest BCUT2D eigenvalue weighted by molar-refractivity contribution is 7.98. The molecule has 0 aliphatic carbocycles. The molecule has 0 saturated carbocycles. The number of amides is 1. The molecule has 6 nitrogen and oxygen atoms in total. The van der Waals surface area contributed by atoms with E-state index in [0.717, 1.165) is 24.5 Å². The maximum atomic E-state index is 12.1. The fourth-order valence-electron chi connectivity index (χ4n) is 1.86. The summed E-state index contributed by atoms with van der Waals surface area (Å²) in [5.74, 6) is 1.77. The summed E-state index contributed by atoms with van der Waals surface area (Å²) in [7, 11) is 0. The number of aromatic nitrogens is 3. The third kappa shape index (κ3) is 2.78. The number of thioether (sulfide) groups is 1. The molecular formula is C10H17N5OS. The number of carbonyl (C=O) groups is 1. The van der Waals surface area contributed by atoms with Gasteiger partial charge in [-0.3, -0.25) is 4.79 Å². The highest BCUT2D eigenvalue weighted by atomic mass is 32.2. The minimum Gasteiger partial charge on any atom is -0.332 e. The zero-order chi connectivity index (χ0) is 12.3. The van der Waals surface area contributed by atoms with E-state index in [4.69, 9.17) is 5.73 Å². The summed E-state index contributed by atoms with van der Waals surface area (Å²) in [5.41, 5.74) is 5.88. The lowest BCUT2D eigenvalue weighted by Gasteiger charge is -2.29. The van der Waals surface area contributed by atoms with Crippen LogP contribution < -0.4 is 5.73 Å². The Kier molecular flexibility index (Phi) is 4.01. The van der Waals surface area contributed by atoms with Gasteiger partial charge in [0.1, 0.15) is 6.33 Å². The predicted octanol–water partition coefficient (Wildman–Crippen LogP) is -0.299. The number of rotatable bonds is 4. The first-order valence-corrected chi connectivity index (χ1v) is 7.01. The van der Waals surface area contributed by atoms with Gasteiger partial charge in [-0.2, -0.15) is 11.8 Å². The summed E-state index contributed by atoms with van der Waals surface area (Å²) < 4.78 is 1.97. The van der Waals surface area contributed by atoms with Crippen molar-refractivity contribution in [3.8, 4) is 0 Å². The van der Waals surface area contributed by atoms with Crippen LogP contribution in [0.15, 0.2) is 6.33 Å². The molecule has 2 heterocycles. The second kappa shape index (κ2) is 5.50. The molecule has 0 radical (unpaired) electrons. The molecule has 2 N–H and O–H groups in total. The van der Waals surface area contributed by atoms with E-state index in [1.807, 2.05) is 10.8 Å². The molecule has 1 amide bonds. The normalized spacial score (nSPS) is 16.7. The average molecular weight is 255 g/mol. The first kappa shape index (κ1) is 12.4. The van der Waals surface area contributed by atoms with Gasteiger partial charge in [0.2, 0.25) is 5.91 Å². The SMILES string of the molecule is CSCC[C@@H](N)C(=O)N1CCn2cnnc2C1. The van der Waals surface area contributed by atoms with Crippen LogP contribution in [0.2, 0.25) is 0 Å². The summed E-state index contributed by atoms with van der Waals surface area (Å²) in [6, 6.07) is -0.392. The van der Waals surface area contributed by atoms with E-state index in [0.29, 0.717) is 13.1 Å². The lowest BCUT2D eigenvalue weighted by atomic mass is 10.2. The predicted molar refractivity (Wildman–Crippen MR) is 66.4 cm³/mol. The first-order valence-electron chi connectivity index (χ1n) is 5.62. The summed E-state index contributed by atoms with van der Waals surface area (Å²) in [6.45, 7) is 1.96. The standard InChI is InChI=1S/C10H17N5OS/c1-17-5-2-8(11)10(16)14-3-4-15-7-12-13-9(15)6-14/h7-8H,2-6,11H2,1H3/t8-/m1/s1. The highest BCUT2D eigenvalue weighted by Crippen LogP contribution is 2.11. The smallest absolute Gasteiger partial charge is 0.239 e. The van der Waals surface area contributed by atoms with Crippen LogP contribution in [0.4, 0.5) is 0 Å². The Hall–Kier alpha value is -1.08. The molecule has 1 aromatic heterocycles. The third-order valence-electron chi connectivity index (χ3n) is 2.90. The van der Waals surface area contributed by atoms with Crippen molar-refractivity contribution in [3.63, 3.8) is 0 Å². The molecule has 0 aromatic carbocycles. The van der Waals surface area contributed by atoms with Gasteiger partial charge in [-0.05, 0) is 18.4 Å². The molecule has 0 unspecified atom stereocenters. The van der Waals surface area contributed by atoms with E-state index in [9.17, 15) is 4.79 Å². The number of fused-ring (bicyclic) bond motifs is 1. The first-order chi connectivity index (χ1) is 8.22. The lowest BCUT2D eigenvalue weighted by molar-refractivity contribution is -0.134. The van der Waals surface area contributed by atoms with Crippen LogP contribution in [0, 0.1) is 0 Å². The van der Waals surface area contributed by atoms with Crippen LogP contribution in [0.3, 0.4) is 0 Å². The molecule has 94 valence electrons. The summed E-state index contributed by atoms with van der Waals surface area (Å²) in [4.78, 5) is 13.8. The van der Waals surface area contributed by atoms with E-state index >= 15 is 0 Å². The van der Waals surface area contributed by atoms with Crippen molar-refractivity contribution >= 4 is 17.7 Å². The van der Waals surface area contributed by atoms with Crippen molar-refractivity contribution in [2.24, 2.45) is 5.73 Å². The molecular weight excluding hydrogens is 238 g/mol. The van der Waals surface area contributed by atoms with Crippen LogP contribution in [-0.4, -0.2) is 50.2 Å². The van der Waals surface area contributed by atoms with E-state index in [2.05, 4.69) is 10.2 Å². The number of hydrogen-bond donors (Lipinski definition) is 1. The van der Waals surface area contributed by atoms with E-state index in [1.54, 1.807) is 23.0 Å². The average Bonchev–Trinajstić information content (AvgIpc) is 2.81. The van der Waals surface area contributed by atoms with E-state index in [-0.39, 0.29) is 5.91 Å². The zero-order valence-corrected chi connectivity index (χ0v) is 10.7. The fourth-order valence-corrected chi connectivity index (χ4v) is 2.35. The fraction of sp³-hybridized carbons (Fsp3) is 0.700. The largest absolute Gasteiger partial charge is 0.332 e. The van der Waals surface area contributed by atoms with Crippen LogP contribution >= 0.6 is 11.8 Å². The number of nitrogens with zero attached hydrogens (tertiary/aromatic N) is 4. The van der Waals surface area contributed by atoms with Crippen LogP contribution in [-0.2, 0) is 17.9 Å². The van der Waals surface area contributed by atoms with Crippen molar-refractivity contribution < 1.29 is 4.79 Å². The zero-order valence-electron chi connectivity index (χ0n) is 9.87. The van der Waals surface area contributed by atoms with Crippen molar-refractivity contribution in [1.82, 2.24) is 19.7 Å².